The van der Waals surface area contributed by atoms with Gasteiger partial charge in [0.25, 0.3) is 0 Å². The summed E-state index contributed by atoms with van der Waals surface area (Å²) in [4.78, 5) is 11.6. The van der Waals surface area contributed by atoms with Crippen LogP contribution >= 0.6 is 0 Å². The molecule has 1 heterocycles. The predicted octanol–water partition coefficient (Wildman–Crippen LogP) is 1.15. The van der Waals surface area contributed by atoms with E-state index in [2.05, 4.69) is 18.8 Å². The van der Waals surface area contributed by atoms with E-state index in [-0.39, 0.29) is 17.7 Å². The van der Waals surface area contributed by atoms with Crippen LogP contribution in [0.4, 0.5) is 0 Å². The summed E-state index contributed by atoms with van der Waals surface area (Å²) >= 11 is 0. The van der Waals surface area contributed by atoms with Crippen molar-refractivity contribution >= 4 is 5.78 Å². The average molecular weight is 197 g/mol. The normalized spacial score (nSPS) is 26.4. The van der Waals surface area contributed by atoms with Gasteiger partial charge < -0.3 is 10.1 Å². The highest BCUT2D eigenvalue weighted by atomic mass is 16.5. The average Bonchev–Trinajstić information content (AvgIpc) is 2.63. The quantitative estimate of drug-likeness (QED) is 0.649. The summed E-state index contributed by atoms with van der Waals surface area (Å²) in [6.45, 7) is 7.87. The number of carbonyl (C=O) groups is 1. The molecule has 1 saturated heterocycles. The number of ether oxygens (including phenoxy) is 1. The smallest absolute Gasteiger partial charge is 0.143 e. The van der Waals surface area contributed by atoms with E-state index in [4.69, 9.17) is 4.74 Å². The van der Waals surface area contributed by atoms with Gasteiger partial charge in [0.05, 0.1) is 19.1 Å². The van der Waals surface area contributed by atoms with Gasteiger partial charge in [0.15, 0.2) is 0 Å². The third-order valence-electron chi connectivity index (χ3n) is 2.50. The molecule has 3 nitrogen and oxygen atoms in total. The van der Waals surface area contributed by atoms with Gasteiger partial charge in [-0.05, 0) is 13.0 Å². The molecule has 0 aromatic heterocycles. The Kier molecular flexibility index (Phi) is 4.84. The first-order valence-electron chi connectivity index (χ1n) is 5.24. The molecular formula is C11H19NO2. The fourth-order valence-corrected chi connectivity index (χ4v) is 1.70. The van der Waals surface area contributed by atoms with Crippen molar-refractivity contribution in [2.24, 2.45) is 5.92 Å². The Morgan fingerprint density at radius 2 is 2.43 bits per heavy atom. The Labute approximate surface area is 85.5 Å². The number of Topliss-reactive ketones (excluding diaryl/α,β-unsaturated/α-hetero) is 1. The molecule has 1 N–H and O–H groups in total. The molecule has 1 aliphatic rings. The molecule has 80 valence electrons. The van der Waals surface area contributed by atoms with Gasteiger partial charge in [-0.1, -0.05) is 13.0 Å². The van der Waals surface area contributed by atoms with Gasteiger partial charge in [-0.25, -0.2) is 0 Å². The standard InChI is InChI=1S/C11H19NO2/c1-3-5-11(13)9-7-14-8-10(9)12-6-4-2/h3,9-10,12H,1,4-8H2,2H3. The molecule has 1 fully saturated rings. The second-order valence-corrected chi connectivity index (χ2v) is 3.66. The highest BCUT2D eigenvalue weighted by Gasteiger charge is 2.32. The zero-order chi connectivity index (χ0) is 10.4. The fraction of sp³-hybridized carbons (Fsp3) is 0.727. The summed E-state index contributed by atoms with van der Waals surface area (Å²) < 4.78 is 5.32. The predicted molar refractivity (Wildman–Crippen MR) is 56.2 cm³/mol. The van der Waals surface area contributed by atoms with E-state index < -0.39 is 0 Å². The van der Waals surface area contributed by atoms with Gasteiger partial charge in [0.1, 0.15) is 5.78 Å². The zero-order valence-electron chi connectivity index (χ0n) is 8.79. The van der Waals surface area contributed by atoms with Crippen molar-refractivity contribution in [2.45, 2.75) is 25.8 Å². The van der Waals surface area contributed by atoms with Crippen molar-refractivity contribution in [1.29, 1.82) is 0 Å². The molecular weight excluding hydrogens is 178 g/mol. The molecule has 3 heteroatoms. The summed E-state index contributed by atoms with van der Waals surface area (Å²) in [6, 6.07) is 0.211. The van der Waals surface area contributed by atoms with Crippen LogP contribution in [0, 0.1) is 5.92 Å². The van der Waals surface area contributed by atoms with E-state index in [1.165, 1.54) is 0 Å². The third-order valence-corrected chi connectivity index (χ3v) is 2.50. The summed E-state index contributed by atoms with van der Waals surface area (Å²) in [5, 5.41) is 3.34. The third kappa shape index (κ3) is 2.93. The van der Waals surface area contributed by atoms with Crippen LogP contribution in [0.25, 0.3) is 0 Å². The summed E-state index contributed by atoms with van der Waals surface area (Å²) in [5.41, 5.74) is 0. The first-order chi connectivity index (χ1) is 6.79. The first-order valence-corrected chi connectivity index (χ1v) is 5.24. The minimum Gasteiger partial charge on any atom is -0.379 e. The number of ketones is 1. The van der Waals surface area contributed by atoms with Gasteiger partial charge in [0.2, 0.25) is 0 Å². The van der Waals surface area contributed by atoms with Gasteiger partial charge in [0, 0.05) is 12.5 Å². The summed E-state index contributed by atoms with van der Waals surface area (Å²) in [7, 11) is 0. The van der Waals surface area contributed by atoms with E-state index in [1.54, 1.807) is 6.08 Å². The zero-order valence-corrected chi connectivity index (χ0v) is 8.79. The maximum absolute atomic E-state index is 11.6. The maximum Gasteiger partial charge on any atom is 0.143 e. The van der Waals surface area contributed by atoms with E-state index in [0.717, 1.165) is 13.0 Å². The Morgan fingerprint density at radius 1 is 1.64 bits per heavy atom. The minimum absolute atomic E-state index is 0.0274. The van der Waals surface area contributed by atoms with Gasteiger partial charge in [-0.2, -0.15) is 0 Å². The Balaban J connectivity index is 2.41. The van der Waals surface area contributed by atoms with Crippen LogP contribution in [-0.2, 0) is 9.53 Å². The molecule has 0 bridgehead atoms. The van der Waals surface area contributed by atoms with Crippen LogP contribution in [0.3, 0.4) is 0 Å². The second-order valence-electron chi connectivity index (χ2n) is 3.66. The van der Waals surface area contributed by atoms with Crippen molar-refractivity contribution in [1.82, 2.24) is 5.32 Å². The lowest BCUT2D eigenvalue weighted by molar-refractivity contribution is -0.122. The van der Waals surface area contributed by atoms with E-state index in [9.17, 15) is 4.79 Å². The van der Waals surface area contributed by atoms with Crippen LogP contribution in [0.15, 0.2) is 12.7 Å². The molecule has 14 heavy (non-hydrogen) atoms. The van der Waals surface area contributed by atoms with Crippen LogP contribution in [0.2, 0.25) is 0 Å². The first kappa shape index (κ1) is 11.4. The lowest BCUT2D eigenvalue weighted by atomic mass is 9.96. The maximum atomic E-state index is 11.6. The largest absolute Gasteiger partial charge is 0.379 e. The highest BCUT2D eigenvalue weighted by Crippen LogP contribution is 2.16. The SMILES string of the molecule is C=CCC(=O)C1COCC1NCCC. The highest BCUT2D eigenvalue weighted by molar-refractivity contribution is 5.83. The molecule has 0 spiro atoms. The number of hydrogen-bond donors (Lipinski definition) is 1. The lowest BCUT2D eigenvalue weighted by Crippen LogP contribution is -2.39. The number of hydrogen-bond acceptors (Lipinski definition) is 3. The molecule has 0 aliphatic carbocycles. The van der Waals surface area contributed by atoms with Crippen molar-refractivity contribution in [3.8, 4) is 0 Å². The number of allylic oxidation sites excluding steroid dienone is 1. The molecule has 1 aliphatic heterocycles. The number of rotatable bonds is 6. The van der Waals surface area contributed by atoms with Gasteiger partial charge in [-0.3, -0.25) is 4.79 Å². The molecule has 0 aromatic rings. The Hall–Kier alpha value is -0.670. The van der Waals surface area contributed by atoms with E-state index >= 15 is 0 Å². The molecule has 0 saturated carbocycles. The molecule has 1 rings (SSSR count). The van der Waals surface area contributed by atoms with Gasteiger partial charge in [-0.15, -0.1) is 6.58 Å². The van der Waals surface area contributed by atoms with E-state index in [1.807, 2.05) is 0 Å². The van der Waals surface area contributed by atoms with Gasteiger partial charge >= 0.3 is 0 Å². The molecule has 0 amide bonds. The van der Waals surface area contributed by atoms with Crippen LogP contribution in [0.1, 0.15) is 19.8 Å². The van der Waals surface area contributed by atoms with Crippen molar-refractivity contribution in [3.63, 3.8) is 0 Å². The van der Waals surface area contributed by atoms with Crippen LogP contribution in [-0.4, -0.2) is 31.6 Å². The van der Waals surface area contributed by atoms with Crippen molar-refractivity contribution in [2.75, 3.05) is 19.8 Å². The molecule has 0 aromatic carbocycles. The second kappa shape index (κ2) is 5.94. The number of carbonyl (C=O) groups excluding carboxylic acids is 1. The lowest BCUT2D eigenvalue weighted by Gasteiger charge is -2.16. The summed E-state index contributed by atoms with van der Waals surface area (Å²) in [6.07, 6.45) is 3.20. The fourth-order valence-electron chi connectivity index (χ4n) is 1.70. The monoisotopic (exact) mass is 197 g/mol. The number of nitrogens with one attached hydrogen (secondary N) is 1. The topological polar surface area (TPSA) is 38.3 Å². The van der Waals surface area contributed by atoms with Crippen molar-refractivity contribution in [3.05, 3.63) is 12.7 Å². The van der Waals surface area contributed by atoms with Crippen molar-refractivity contribution < 1.29 is 9.53 Å². The van der Waals surface area contributed by atoms with E-state index in [0.29, 0.717) is 19.6 Å². The molecule has 2 unspecified atom stereocenters. The van der Waals surface area contributed by atoms with Crippen LogP contribution in [0.5, 0.6) is 0 Å². The Bertz CT molecular complexity index is 203. The minimum atomic E-state index is 0.0274. The molecule has 0 radical (unpaired) electrons. The summed E-state index contributed by atoms with van der Waals surface area (Å²) in [5.74, 6) is 0.269. The Morgan fingerprint density at radius 3 is 3.07 bits per heavy atom. The van der Waals surface area contributed by atoms with Crippen LogP contribution < -0.4 is 5.32 Å². The molecule has 2 atom stereocenters.